The number of benzene rings is 3. The average Bonchev–Trinajstić information content (AvgIpc) is 3.11. The maximum absolute atomic E-state index is 13.9. The van der Waals surface area contributed by atoms with Gasteiger partial charge in [-0.2, -0.15) is 8.42 Å². The van der Waals surface area contributed by atoms with Gasteiger partial charge in [-0.1, -0.05) is 69.2 Å². The number of amides is 2. The minimum Gasteiger partial charge on any atom is -0.508 e. The quantitative estimate of drug-likeness (QED) is 0.101. The van der Waals surface area contributed by atoms with Crippen LogP contribution in [0.5, 0.6) is 5.75 Å². The van der Waals surface area contributed by atoms with Crippen molar-refractivity contribution in [3.8, 4) is 5.75 Å². The molecule has 268 valence electrons. The van der Waals surface area contributed by atoms with Crippen LogP contribution in [0.1, 0.15) is 68.2 Å². The topological polar surface area (TPSA) is 222 Å². The van der Waals surface area contributed by atoms with Crippen LogP contribution in [0.2, 0.25) is 0 Å². The number of carbonyl (C=O) groups excluding carboxylic acids is 2. The number of unbranched alkanes of at least 4 members (excludes halogenated alkanes) is 1. The van der Waals surface area contributed by atoms with Crippen LogP contribution >= 0.6 is 11.8 Å². The summed E-state index contributed by atoms with van der Waals surface area (Å²) in [7, 11) is -8.11. The van der Waals surface area contributed by atoms with E-state index in [0.29, 0.717) is 28.9 Å². The highest BCUT2D eigenvalue weighted by molar-refractivity contribution is 8.00. The first-order chi connectivity index (χ1) is 22.7. The predicted molar refractivity (Wildman–Crippen MR) is 189 cm³/mol. The highest BCUT2D eigenvalue weighted by Gasteiger charge is 2.49. The molecule has 1 aliphatic heterocycles. The lowest BCUT2D eigenvalue weighted by atomic mass is 9.69. The van der Waals surface area contributed by atoms with Gasteiger partial charge in [-0.25, -0.2) is 8.42 Å². The van der Waals surface area contributed by atoms with Gasteiger partial charge >= 0.3 is 0 Å². The van der Waals surface area contributed by atoms with Gasteiger partial charge in [0.15, 0.2) is 9.84 Å². The fraction of sp³-hybridized carbons (Fsp3) is 0.412. The van der Waals surface area contributed by atoms with Gasteiger partial charge in [-0.15, -0.1) is 11.8 Å². The van der Waals surface area contributed by atoms with E-state index in [2.05, 4.69) is 10.6 Å². The van der Waals surface area contributed by atoms with E-state index >= 15 is 0 Å². The van der Waals surface area contributed by atoms with E-state index in [9.17, 15) is 36.6 Å². The molecular weight excluding hydrogens is 691 g/mol. The van der Waals surface area contributed by atoms with Crippen molar-refractivity contribution in [2.75, 3.05) is 23.8 Å². The number of hydrogen-bond donors (Lipinski definition) is 6. The largest absolute Gasteiger partial charge is 0.508 e. The van der Waals surface area contributed by atoms with Crippen molar-refractivity contribution < 1.29 is 41.2 Å². The number of thioether (sulfide) groups is 1. The summed E-state index contributed by atoms with van der Waals surface area (Å²) in [5, 5.41) is 26.8. The fourth-order valence-corrected chi connectivity index (χ4v) is 9.56. The minimum atomic E-state index is -4.32. The Morgan fingerprint density at radius 2 is 1.71 bits per heavy atom. The maximum Gasteiger partial charge on any atom is 0.266 e. The second-order valence-corrected chi connectivity index (χ2v) is 16.6. The Balaban J connectivity index is 0.00000650. The molecule has 3 unspecified atom stereocenters. The molecule has 0 radical (unpaired) electrons. The SMILES string of the molecule is CCCCC1(CC)CS(=O)(=O)c2ccc(SCC(=O)N[C@@H](C(=O)NCCS(=O)(=O)O)c3ccc(O)cc3)cc2C(c2ccccc2)C1O.N. The number of phenols is 1. The molecule has 3 aromatic carbocycles. The zero-order chi connectivity index (χ0) is 35.1. The van der Waals surface area contributed by atoms with Crippen LogP contribution in [0.3, 0.4) is 0 Å². The van der Waals surface area contributed by atoms with E-state index in [-0.39, 0.29) is 34.8 Å². The fourth-order valence-electron chi connectivity index (χ4n) is 6.19. The second kappa shape index (κ2) is 17.0. The third-order valence-electron chi connectivity index (χ3n) is 8.79. The van der Waals surface area contributed by atoms with Crippen LogP contribution in [-0.2, 0) is 29.5 Å². The van der Waals surface area contributed by atoms with Gasteiger partial charge in [0.2, 0.25) is 11.8 Å². The molecule has 1 aliphatic rings. The first-order valence-electron chi connectivity index (χ1n) is 15.7. The minimum absolute atomic E-state index is 0. The molecule has 0 saturated heterocycles. The van der Waals surface area contributed by atoms with Crippen molar-refractivity contribution in [2.24, 2.45) is 5.41 Å². The number of aliphatic hydroxyl groups excluding tert-OH is 1. The molecule has 0 saturated carbocycles. The third kappa shape index (κ3) is 10.0. The molecule has 0 aliphatic carbocycles. The van der Waals surface area contributed by atoms with Gasteiger partial charge in [-0.3, -0.25) is 14.1 Å². The van der Waals surface area contributed by atoms with Gasteiger partial charge in [0.25, 0.3) is 10.1 Å². The smallest absolute Gasteiger partial charge is 0.266 e. The zero-order valence-corrected chi connectivity index (χ0v) is 30.0. The van der Waals surface area contributed by atoms with E-state index in [4.69, 9.17) is 4.55 Å². The lowest BCUT2D eigenvalue weighted by molar-refractivity contribution is -0.128. The van der Waals surface area contributed by atoms with Gasteiger partial charge in [0, 0.05) is 22.8 Å². The molecule has 4 atom stereocenters. The summed E-state index contributed by atoms with van der Waals surface area (Å²) in [4.78, 5) is 26.9. The van der Waals surface area contributed by atoms with Gasteiger partial charge in [0.1, 0.15) is 11.8 Å². The monoisotopic (exact) mass is 735 g/mol. The van der Waals surface area contributed by atoms with E-state index in [1.54, 1.807) is 18.2 Å². The molecule has 1 heterocycles. The number of sulfone groups is 1. The van der Waals surface area contributed by atoms with Crippen LogP contribution in [-0.4, -0.2) is 73.3 Å². The van der Waals surface area contributed by atoms with Gasteiger partial charge in [0.05, 0.1) is 28.3 Å². The van der Waals surface area contributed by atoms with Crippen LogP contribution < -0.4 is 16.8 Å². The highest BCUT2D eigenvalue weighted by atomic mass is 32.2. The van der Waals surface area contributed by atoms with Gasteiger partial charge in [-0.05, 0) is 59.9 Å². The summed E-state index contributed by atoms with van der Waals surface area (Å²) in [6.45, 7) is 3.57. The molecule has 3 aromatic rings. The number of nitrogens with one attached hydrogen (secondary N) is 2. The van der Waals surface area contributed by atoms with Crippen molar-refractivity contribution in [2.45, 2.75) is 67.4 Å². The molecule has 8 N–H and O–H groups in total. The molecule has 4 rings (SSSR count). The lowest BCUT2D eigenvalue weighted by Crippen LogP contribution is -2.42. The zero-order valence-electron chi connectivity index (χ0n) is 27.5. The van der Waals surface area contributed by atoms with E-state index in [1.165, 1.54) is 24.3 Å². The number of fused-ring (bicyclic) bond motifs is 1. The Hall–Kier alpha value is -3.47. The van der Waals surface area contributed by atoms with Crippen LogP contribution in [0.15, 0.2) is 82.6 Å². The summed E-state index contributed by atoms with van der Waals surface area (Å²) in [6.07, 6.45) is 1.70. The molecule has 0 bridgehead atoms. The summed E-state index contributed by atoms with van der Waals surface area (Å²) < 4.78 is 59.0. The van der Waals surface area contributed by atoms with Crippen molar-refractivity contribution >= 4 is 43.5 Å². The van der Waals surface area contributed by atoms with Gasteiger partial charge < -0.3 is 27.0 Å². The van der Waals surface area contributed by atoms with Crippen molar-refractivity contribution in [3.63, 3.8) is 0 Å². The number of phenolic OH excluding ortho intramolecular Hbond substituents is 1. The molecular formula is C34H45N3O9S3. The van der Waals surface area contributed by atoms with Crippen molar-refractivity contribution in [1.29, 1.82) is 0 Å². The Morgan fingerprint density at radius 1 is 1.04 bits per heavy atom. The number of carbonyl (C=O) groups is 2. The number of aromatic hydroxyl groups is 1. The molecule has 0 fully saturated rings. The van der Waals surface area contributed by atoms with Crippen LogP contribution in [0.25, 0.3) is 0 Å². The second-order valence-electron chi connectivity index (χ2n) is 12.1. The van der Waals surface area contributed by atoms with Crippen molar-refractivity contribution in [1.82, 2.24) is 16.8 Å². The Kier molecular flexibility index (Phi) is 13.8. The van der Waals surface area contributed by atoms with Crippen LogP contribution in [0, 0.1) is 5.41 Å². The number of aliphatic hydroxyl groups is 1. The molecule has 0 spiro atoms. The Labute approximate surface area is 292 Å². The summed E-state index contributed by atoms with van der Waals surface area (Å²) in [5.41, 5.74) is 0.723. The molecule has 12 nitrogen and oxygen atoms in total. The summed E-state index contributed by atoms with van der Waals surface area (Å²) in [6, 6.07) is 18.5. The Bertz CT molecular complexity index is 1810. The number of rotatable bonds is 14. The first-order valence-corrected chi connectivity index (χ1v) is 20.0. The maximum atomic E-state index is 13.9. The number of hydrogen-bond acceptors (Lipinski definition) is 10. The Morgan fingerprint density at radius 3 is 2.33 bits per heavy atom. The normalized spacial score (nSPS) is 20.6. The molecule has 0 aromatic heterocycles. The molecule has 49 heavy (non-hydrogen) atoms. The van der Waals surface area contributed by atoms with E-state index < -0.39 is 61.0 Å². The van der Waals surface area contributed by atoms with E-state index in [0.717, 1.165) is 30.2 Å². The van der Waals surface area contributed by atoms with E-state index in [1.807, 2.05) is 44.2 Å². The highest BCUT2D eigenvalue weighted by Crippen LogP contribution is 2.49. The average molecular weight is 736 g/mol. The summed E-state index contributed by atoms with van der Waals surface area (Å²) >= 11 is 1.13. The molecule has 2 amide bonds. The predicted octanol–water partition coefficient (Wildman–Crippen LogP) is 4.37. The first kappa shape index (κ1) is 40.0. The van der Waals surface area contributed by atoms with Crippen LogP contribution in [0.4, 0.5) is 0 Å². The third-order valence-corrected chi connectivity index (χ3v) is 12.5. The lowest BCUT2D eigenvalue weighted by Gasteiger charge is -2.39. The summed E-state index contributed by atoms with van der Waals surface area (Å²) in [5.74, 6) is -3.00. The standard InChI is InChI=1S/C34H42N2O9S3.H3N/c1-3-5-17-34(4-2)22-47(41,42)28-16-15-26(20-27(28)30(32(34)39)23-9-7-6-8-10-23)46-21-29(38)36-31(24-11-13-25(37)14-12-24)33(40)35-18-19-48(43,44)45;/h6-16,20,30-32,37,39H,3-5,17-19,21-22H2,1-2H3,(H,35,40)(H,36,38)(H,43,44,45);1H3/t30?,31-,32?,34?;/m1./s1. The van der Waals surface area contributed by atoms with Crippen molar-refractivity contribution in [3.05, 3.63) is 89.5 Å². The molecule has 15 heteroatoms.